The van der Waals surface area contributed by atoms with Crippen LogP contribution < -0.4 is 10.1 Å². The summed E-state index contributed by atoms with van der Waals surface area (Å²) in [5.74, 6) is 2.27. The Bertz CT molecular complexity index is 636. The molecule has 1 aromatic heterocycles. The van der Waals surface area contributed by atoms with Crippen LogP contribution in [0.1, 0.15) is 28.9 Å². The Hall–Kier alpha value is -1.92. The Balaban J connectivity index is 1.55. The topological polar surface area (TPSA) is 63.4 Å². The van der Waals surface area contributed by atoms with Gasteiger partial charge in [-0.05, 0) is 44.2 Å². The normalized spacial score (nSPS) is 19.0. The minimum Gasteiger partial charge on any atom is -0.493 e. The van der Waals surface area contributed by atoms with E-state index in [0.29, 0.717) is 18.9 Å². The number of ether oxygens (including phenoxy) is 1. The third kappa shape index (κ3) is 4.09. The van der Waals surface area contributed by atoms with Crippen LogP contribution in [-0.4, -0.2) is 48.3 Å². The van der Waals surface area contributed by atoms with Gasteiger partial charge in [0, 0.05) is 19.6 Å². The summed E-state index contributed by atoms with van der Waals surface area (Å²) >= 11 is 0. The van der Waals surface area contributed by atoms with Gasteiger partial charge in [-0.15, -0.1) is 0 Å². The summed E-state index contributed by atoms with van der Waals surface area (Å²) in [6, 6.07) is 6.39. The predicted molar refractivity (Wildman–Crippen MR) is 87.7 cm³/mol. The van der Waals surface area contributed by atoms with Crippen LogP contribution in [0.4, 0.5) is 0 Å². The lowest BCUT2D eigenvalue weighted by Crippen LogP contribution is -2.44. The molecular weight excluding hydrogens is 292 g/mol. The second kappa shape index (κ2) is 7.10. The number of piperazine rings is 1. The fourth-order valence-electron chi connectivity index (χ4n) is 2.87. The van der Waals surface area contributed by atoms with E-state index in [4.69, 9.17) is 9.26 Å². The van der Waals surface area contributed by atoms with Crippen molar-refractivity contribution in [1.29, 1.82) is 0 Å². The molecule has 1 aromatic carbocycles. The van der Waals surface area contributed by atoms with Crippen LogP contribution in [-0.2, 0) is 6.42 Å². The smallest absolute Gasteiger partial charge is 0.230 e. The first-order valence-electron chi connectivity index (χ1n) is 8.06. The van der Waals surface area contributed by atoms with E-state index in [2.05, 4.69) is 47.3 Å². The van der Waals surface area contributed by atoms with Crippen molar-refractivity contribution in [3.05, 3.63) is 41.0 Å². The largest absolute Gasteiger partial charge is 0.493 e. The Morgan fingerprint density at radius 2 is 2.09 bits per heavy atom. The van der Waals surface area contributed by atoms with E-state index >= 15 is 0 Å². The summed E-state index contributed by atoms with van der Waals surface area (Å²) in [6.45, 7) is 7.52. The van der Waals surface area contributed by atoms with E-state index in [0.717, 1.165) is 31.2 Å². The van der Waals surface area contributed by atoms with E-state index in [1.54, 1.807) is 0 Å². The van der Waals surface area contributed by atoms with Crippen LogP contribution in [0.2, 0.25) is 0 Å². The minimum absolute atomic E-state index is 0.182. The Labute approximate surface area is 136 Å². The van der Waals surface area contributed by atoms with Crippen LogP contribution in [0.5, 0.6) is 5.75 Å². The van der Waals surface area contributed by atoms with Crippen LogP contribution in [0, 0.1) is 13.8 Å². The molecule has 2 heterocycles. The number of rotatable bonds is 5. The zero-order valence-corrected chi connectivity index (χ0v) is 14.0. The van der Waals surface area contributed by atoms with Gasteiger partial charge in [-0.25, -0.2) is 0 Å². The van der Waals surface area contributed by atoms with Gasteiger partial charge >= 0.3 is 0 Å². The number of nitrogens with zero attached hydrogens (tertiary/aromatic N) is 3. The maximum Gasteiger partial charge on any atom is 0.230 e. The molecule has 0 saturated carbocycles. The average molecular weight is 316 g/mol. The SMILES string of the molecule is Cc1cc(C)cc(OCCc2nc(C3CNCCN3C)no2)c1. The van der Waals surface area contributed by atoms with Crippen molar-refractivity contribution in [1.82, 2.24) is 20.4 Å². The van der Waals surface area contributed by atoms with Gasteiger partial charge in [0.2, 0.25) is 5.89 Å². The first-order valence-corrected chi connectivity index (χ1v) is 8.06. The van der Waals surface area contributed by atoms with Gasteiger partial charge in [-0.1, -0.05) is 11.2 Å². The van der Waals surface area contributed by atoms with Crippen LogP contribution in [0.3, 0.4) is 0 Å². The number of hydrogen-bond donors (Lipinski definition) is 1. The number of likely N-dealkylation sites (N-methyl/N-ethyl adjacent to an activating group) is 1. The van der Waals surface area contributed by atoms with Gasteiger partial charge in [0.1, 0.15) is 5.75 Å². The molecular formula is C17H24N4O2. The average Bonchev–Trinajstić information content (AvgIpc) is 2.95. The van der Waals surface area contributed by atoms with E-state index in [9.17, 15) is 0 Å². The molecule has 1 aliphatic heterocycles. The lowest BCUT2D eigenvalue weighted by Gasteiger charge is -2.30. The predicted octanol–water partition coefficient (Wildman–Crippen LogP) is 1.88. The van der Waals surface area contributed by atoms with Crippen molar-refractivity contribution in [3.63, 3.8) is 0 Å². The number of aromatic nitrogens is 2. The Kier molecular flexibility index (Phi) is 4.93. The van der Waals surface area contributed by atoms with Crippen molar-refractivity contribution in [3.8, 4) is 5.75 Å². The fourth-order valence-corrected chi connectivity index (χ4v) is 2.87. The highest BCUT2D eigenvalue weighted by molar-refractivity contribution is 5.32. The fraction of sp³-hybridized carbons (Fsp3) is 0.529. The Morgan fingerprint density at radius 3 is 2.83 bits per heavy atom. The minimum atomic E-state index is 0.182. The molecule has 3 rings (SSSR count). The summed E-state index contributed by atoms with van der Waals surface area (Å²) in [6.07, 6.45) is 0.615. The molecule has 1 saturated heterocycles. The van der Waals surface area contributed by atoms with Gasteiger partial charge in [-0.2, -0.15) is 4.98 Å². The monoisotopic (exact) mass is 316 g/mol. The Morgan fingerprint density at radius 1 is 1.30 bits per heavy atom. The lowest BCUT2D eigenvalue weighted by molar-refractivity contribution is 0.190. The molecule has 0 aliphatic carbocycles. The second-order valence-corrected chi connectivity index (χ2v) is 6.17. The van der Waals surface area contributed by atoms with E-state index in [1.165, 1.54) is 11.1 Å². The summed E-state index contributed by atoms with van der Waals surface area (Å²) in [4.78, 5) is 6.76. The van der Waals surface area contributed by atoms with Gasteiger partial charge < -0.3 is 14.6 Å². The van der Waals surface area contributed by atoms with Gasteiger partial charge in [0.05, 0.1) is 19.1 Å². The number of nitrogens with one attached hydrogen (secondary N) is 1. The molecule has 0 radical (unpaired) electrons. The number of aryl methyl sites for hydroxylation is 2. The van der Waals surface area contributed by atoms with Gasteiger partial charge in [-0.3, -0.25) is 4.90 Å². The molecule has 1 N–H and O–H groups in total. The van der Waals surface area contributed by atoms with Crippen molar-refractivity contribution >= 4 is 0 Å². The molecule has 124 valence electrons. The molecule has 6 nitrogen and oxygen atoms in total. The molecule has 23 heavy (non-hydrogen) atoms. The standard InChI is InChI=1S/C17H24N4O2/c1-12-8-13(2)10-14(9-12)22-7-4-16-19-17(20-23-16)15-11-18-5-6-21(15)3/h8-10,15,18H,4-7,11H2,1-3H3. The van der Waals surface area contributed by atoms with Crippen molar-refractivity contribution in [2.45, 2.75) is 26.3 Å². The van der Waals surface area contributed by atoms with Crippen molar-refractivity contribution in [2.24, 2.45) is 0 Å². The summed E-state index contributed by atoms with van der Waals surface area (Å²) < 4.78 is 11.2. The van der Waals surface area contributed by atoms with Gasteiger partial charge in [0.25, 0.3) is 0 Å². The zero-order valence-electron chi connectivity index (χ0n) is 14.0. The lowest BCUT2D eigenvalue weighted by atomic mass is 10.1. The highest BCUT2D eigenvalue weighted by Crippen LogP contribution is 2.19. The van der Waals surface area contributed by atoms with Crippen LogP contribution in [0.25, 0.3) is 0 Å². The third-order valence-electron chi connectivity index (χ3n) is 4.07. The summed E-state index contributed by atoms with van der Waals surface area (Å²) in [5.41, 5.74) is 2.40. The van der Waals surface area contributed by atoms with Crippen LogP contribution in [0.15, 0.2) is 22.7 Å². The molecule has 6 heteroatoms. The zero-order chi connectivity index (χ0) is 16.2. The van der Waals surface area contributed by atoms with Crippen LogP contribution >= 0.6 is 0 Å². The highest BCUT2D eigenvalue weighted by Gasteiger charge is 2.25. The second-order valence-electron chi connectivity index (χ2n) is 6.17. The summed E-state index contributed by atoms with van der Waals surface area (Å²) in [5, 5.41) is 7.48. The quantitative estimate of drug-likeness (QED) is 0.909. The van der Waals surface area contributed by atoms with E-state index < -0.39 is 0 Å². The molecule has 2 aromatic rings. The molecule has 1 unspecified atom stereocenters. The molecule has 0 amide bonds. The first kappa shape index (κ1) is 16.0. The molecule has 1 atom stereocenters. The number of hydrogen-bond acceptors (Lipinski definition) is 6. The van der Waals surface area contributed by atoms with E-state index in [1.807, 2.05) is 12.1 Å². The highest BCUT2D eigenvalue weighted by atomic mass is 16.5. The summed E-state index contributed by atoms with van der Waals surface area (Å²) in [7, 11) is 2.09. The molecule has 0 spiro atoms. The maximum absolute atomic E-state index is 5.80. The molecule has 0 bridgehead atoms. The number of benzene rings is 1. The first-order chi connectivity index (χ1) is 11.1. The molecule has 1 fully saturated rings. The maximum atomic E-state index is 5.80. The van der Waals surface area contributed by atoms with E-state index in [-0.39, 0.29) is 6.04 Å². The van der Waals surface area contributed by atoms with Crippen molar-refractivity contribution in [2.75, 3.05) is 33.3 Å². The van der Waals surface area contributed by atoms with Gasteiger partial charge in [0.15, 0.2) is 5.82 Å². The third-order valence-corrected chi connectivity index (χ3v) is 4.07. The molecule has 1 aliphatic rings. The van der Waals surface area contributed by atoms with Crippen molar-refractivity contribution < 1.29 is 9.26 Å².